The highest BCUT2D eigenvalue weighted by molar-refractivity contribution is 6.30. The molecule has 2 heterocycles. The number of aromatic nitrogens is 2. The highest BCUT2D eigenvalue weighted by Gasteiger charge is 2.33. The molecule has 3 amide bonds. The predicted molar refractivity (Wildman–Crippen MR) is 186 cm³/mol. The molecule has 4 N–H and O–H groups in total. The zero-order valence-corrected chi connectivity index (χ0v) is 28.7. The summed E-state index contributed by atoms with van der Waals surface area (Å²) in [5, 5.41) is 25.3. The summed E-state index contributed by atoms with van der Waals surface area (Å²) in [6.07, 6.45) is 6.42. The third-order valence-electron chi connectivity index (χ3n) is 9.52. The van der Waals surface area contributed by atoms with Crippen LogP contribution in [0.1, 0.15) is 67.1 Å². The highest BCUT2D eigenvalue weighted by atomic mass is 35.5. The van der Waals surface area contributed by atoms with Crippen LogP contribution in [0.5, 0.6) is 0 Å². The van der Waals surface area contributed by atoms with Crippen molar-refractivity contribution in [3.8, 4) is 0 Å². The molecule has 48 heavy (non-hydrogen) atoms. The van der Waals surface area contributed by atoms with Gasteiger partial charge in [0.1, 0.15) is 18.0 Å². The minimum Gasteiger partial charge on any atom is -0.376 e. The summed E-state index contributed by atoms with van der Waals surface area (Å²) in [5.74, 6) is -0.636. The van der Waals surface area contributed by atoms with Crippen molar-refractivity contribution in [3.05, 3.63) is 82.6 Å². The minimum atomic E-state index is -0.854. The van der Waals surface area contributed by atoms with E-state index in [0.29, 0.717) is 37.3 Å². The summed E-state index contributed by atoms with van der Waals surface area (Å²) in [4.78, 5) is 43.5. The SMILES string of the molecule is CCC(=O)N[C@H](Cc1ccc(NC(=O)[C@@H](NC(=O)c2ccnn2C)C2CCCCC2)cc1)C(O)N1CCN(Cc2cccc(Cl)c2)CC1. The van der Waals surface area contributed by atoms with E-state index in [2.05, 4.69) is 32.0 Å². The quantitative estimate of drug-likeness (QED) is 0.215. The number of halogens is 1. The second kappa shape index (κ2) is 17.1. The van der Waals surface area contributed by atoms with Gasteiger partial charge in [-0.25, -0.2) is 0 Å². The topological polar surface area (TPSA) is 132 Å². The number of benzene rings is 2. The molecule has 12 heteroatoms. The largest absolute Gasteiger partial charge is 0.376 e. The van der Waals surface area contributed by atoms with Crippen molar-refractivity contribution >= 4 is 35.0 Å². The zero-order valence-electron chi connectivity index (χ0n) is 27.9. The van der Waals surface area contributed by atoms with Gasteiger partial charge in [-0.1, -0.05) is 62.1 Å². The van der Waals surface area contributed by atoms with Crippen LogP contribution in [0.2, 0.25) is 5.02 Å². The molecule has 1 saturated carbocycles. The minimum absolute atomic E-state index is 0.0540. The molecule has 5 rings (SSSR count). The van der Waals surface area contributed by atoms with Gasteiger partial charge in [0.05, 0.1) is 6.04 Å². The van der Waals surface area contributed by atoms with Crippen LogP contribution in [0.3, 0.4) is 0 Å². The fraction of sp³-hybridized carbons (Fsp3) is 0.500. The van der Waals surface area contributed by atoms with Crippen molar-refractivity contribution in [2.45, 2.75) is 76.7 Å². The lowest BCUT2D eigenvalue weighted by atomic mass is 9.83. The Kier molecular flexibility index (Phi) is 12.6. The van der Waals surface area contributed by atoms with E-state index >= 15 is 0 Å². The third-order valence-corrected chi connectivity index (χ3v) is 9.76. The smallest absolute Gasteiger partial charge is 0.270 e. The molecule has 1 saturated heterocycles. The number of nitrogens with zero attached hydrogens (tertiary/aromatic N) is 4. The number of piperazine rings is 1. The Balaban J connectivity index is 1.20. The Bertz CT molecular complexity index is 1520. The molecular formula is C36H48ClN7O4. The number of aryl methyl sites for hydroxylation is 1. The van der Waals surface area contributed by atoms with E-state index < -0.39 is 18.3 Å². The first kappa shape index (κ1) is 35.5. The van der Waals surface area contributed by atoms with Gasteiger partial charge in [0, 0.05) is 63.1 Å². The molecule has 1 aliphatic heterocycles. The van der Waals surface area contributed by atoms with Crippen LogP contribution in [0, 0.1) is 5.92 Å². The van der Waals surface area contributed by atoms with E-state index in [9.17, 15) is 19.5 Å². The Morgan fingerprint density at radius 1 is 0.958 bits per heavy atom. The Hall–Kier alpha value is -3.77. The van der Waals surface area contributed by atoms with Gasteiger partial charge in [0.2, 0.25) is 11.8 Å². The Morgan fingerprint density at radius 3 is 2.33 bits per heavy atom. The number of carbonyl (C=O) groups excluding carboxylic acids is 3. The first-order valence-electron chi connectivity index (χ1n) is 17.1. The third kappa shape index (κ3) is 9.65. The van der Waals surface area contributed by atoms with Gasteiger partial charge in [-0.3, -0.25) is 28.9 Å². The molecule has 1 aromatic heterocycles. The number of aliphatic hydroxyl groups excluding tert-OH is 1. The lowest BCUT2D eigenvalue weighted by Gasteiger charge is -2.40. The second-order valence-corrected chi connectivity index (χ2v) is 13.4. The van der Waals surface area contributed by atoms with Crippen LogP contribution in [-0.4, -0.2) is 86.9 Å². The molecule has 3 atom stereocenters. The van der Waals surface area contributed by atoms with Gasteiger partial charge in [-0.05, 0) is 66.6 Å². The lowest BCUT2D eigenvalue weighted by molar-refractivity contribution is -0.124. The first-order valence-corrected chi connectivity index (χ1v) is 17.4. The summed E-state index contributed by atoms with van der Waals surface area (Å²) in [6, 6.07) is 15.8. The van der Waals surface area contributed by atoms with Crippen molar-refractivity contribution in [1.82, 2.24) is 30.2 Å². The average Bonchev–Trinajstić information content (AvgIpc) is 3.53. The van der Waals surface area contributed by atoms with Gasteiger partial charge >= 0.3 is 0 Å². The Labute approximate surface area is 288 Å². The molecule has 258 valence electrons. The van der Waals surface area contributed by atoms with Gasteiger partial charge in [0.25, 0.3) is 5.91 Å². The summed E-state index contributed by atoms with van der Waals surface area (Å²) < 4.78 is 1.50. The second-order valence-electron chi connectivity index (χ2n) is 13.0. The Morgan fingerprint density at radius 2 is 1.69 bits per heavy atom. The van der Waals surface area contributed by atoms with Crippen LogP contribution in [0.25, 0.3) is 0 Å². The van der Waals surface area contributed by atoms with Gasteiger partial charge in [-0.15, -0.1) is 0 Å². The van der Waals surface area contributed by atoms with Crippen molar-refractivity contribution in [2.75, 3.05) is 31.5 Å². The van der Waals surface area contributed by atoms with Crippen molar-refractivity contribution in [3.63, 3.8) is 0 Å². The normalized spacial score (nSPS) is 18.1. The number of rotatable bonds is 13. The van der Waals surface area contributed by atoms with Gasteiger partial charge in [-0.2, -0.15) is 5.10 Å². The first-order chi connectivity index (χ1) is 23.2. The summed E-state index contributed by atoms with van der Waals surface area (Å²) in [5.41, 5.74) is 3.09. The van der Waals surface area contributed by atoms with Crippen LogP contribution >= 0.6 is 11.6 Å². The zero-order chi connectivity index (χ0) is 34.0. The van der Waals surface area contributed by atoms with Crippen LogP contribution in [0.4, 0.5) is 5.69 Å². The van der Waals surface area contributed by atoms with E-state index in [4.69, 9.17) is 11.6 Å². The molecule has 1 unspecified atom stereocenters. The number of amides is 3. The maximum Gasteiger partial charge on any atom is 0.270 e. The number of hydrogen-bond acceptors (Lipinski definition) is 7. The van der Waals surface area contributed by atoms with Crippen molar-refractivity contribution in [1.29, 1.82) is 0 Å². The fourth-order valence-electron chi connectivity index (χ4n) is 6.75. The number of anilines is 1. The molecule has 0 radical (unpaired) electrons. The molecule has 3 aromatic rings. The number of hydrogen-bond donors (Lipinski definition) is 4. The summed E-state index contributed by atoms with van der Waals surface area (Å²) in [6.45, 7) is 5.51. The summed E-state index contributed by atoms with van der Waals surface area (Å²) in [7, 11) is 1.70. The average molecular weight is 678 g/mol. The van der Waals surface area contributed by atoms with E-state index in [1.165, 1.54) is 4.68 Å². The maximum atomic E-state index is 13.6. The molecule has 0 spiro atoms. The van der Waals surface area contributed by atoms with Crippen molar-refractivity contribution in [2.24, 2.45) is 13.0 Å². The van der Waals surface area contributed by atoms with E-state index in [1.54, 1.807) is 26.2 Å². The maximum absolute atomic E-state index is 13.6. The number of carbonyl (C=O) groups is 3. The standard InChI is InChI=1S/C36H48ClN7O4/c1-3-32(45)40-30(36(48)44-20-18-43(19-21-44)24-26-8-7-11-28(37)22-26)23-25-12-14-29(15-13-25)39-35(47)33(27-9-5-4-6-10-27)41-34(46)31-16-17-38-42(31)2/h7-8,11-17,22,27,30,33,36,48H,3-6,9-10,18-21,23-24H2,1-2H3,(H,39,47)(H,40,45)(H,41,46)/t30-,33+,36?/m1/s1. The molecule has 11 nitrogen and oxygen atoms in total. The fourth-order valence-corrected chi connectivity index (χ4v) is 6.96. The molecule has 1 aliphatic carbocycles. The molecule has 2 fully saturated rings. The number of aliphatic hydroxyl groups is 1. The van der Waals surface area contributed by atoms with Crippen LogP contribution < -0.4 is 16.0 Å². The van der Waals surface area contributed by atoms with Crippen molar-refractivity contribution < 1.29 is 19.5 Å². The molecule has 2 aromatic carbocycles. The lowest BCUT2D eigenvalue weighted by Crippen LogP contribution is -2.57. The van der Waals surface area contributed by atoms with E-state index in [0.717, 1.165) is 67.9 Å². The monoisotopic (exact) mass is 677 g/mol. The van der Waals surface area contributed by atoms with Crippen LogP contribution in [-0.2, 0) is 29.6 Å². The molecule has 0 bridgehead atoms. The molecule has 2 aliphatic rings. The van der Waals surface area contributed by atoms with E-state index in [1.807, 2.05) is 47.4 Å². The van der Waals surface area contributed by atoms with E-state index in [-0.39, 0.29) is 23.6 Å². The van der Waals surface area contributed by atoms with Crippen LogP contribution in [0.15, 0.2) is 60.8 Å². The number of nitrogens with one attached hydrogen (secondary N) is 3. The van der Waals surface area contributed by atoms with Gasteiger partial charge in [0.15, 0.2) is 0 Å². The molecular weight excluding hydrogens is 630 g/mol. The highest BCUT2D eigenvalue weighted by Crippen LogP contribution is 2.28. The predicted octanol–water partition coefficient (Wildman–Crippen LogP) is 3.96. The summed E-state index contributed by atoms with van der Waals surface area (Å²) >= 11 is 6.16. The van der Waals surface area contributed by atoms with Gasteiger partial charge < -0.3 is 21.1 Å².